The van der Waals surface area contributed by atoms with E-state index < -0.39 is 0 Å². The van der Waals surface area contributed by atoms with Crippen molar-refractivity contribution >= 4 is 23.0 Å². The van der Waals surface area contributed by atoms with Crippen LogP contribution in [0.15, 0.2) is 67.3 Å². The molecule has 1 aromatic carbocycles. The summed E-state index contributed by atoms with van der Waals surface area (Å²) < 4.78 is 9.96. The zero-order valence-electron chi connectivity index (χ0n) is 19.3. The lowest BCUT2D eigenvalue weighted by molar-refractivity contribution is 0.209. The Morgan fingerprint density at radius 1 is 1.26 bits per heavy atom. The lowest BCUT2D eigenvalue weighted by Crippen LogP contribution is -2.20. The van der Waals surface area contributed by atoms with Gasteiger partial charge in [0.2, 0.25) is 5.88 Å². The van der Waals surface area contributed by atoms with Gasteiger partial charge < -0.3 is 15.8 Å². The highest BCUT2D eigenvalue weighted by Gasteiger charge is 2.21. The van der Waals surface area contributed by atoms with E-state index in [1.807, 2.05) is 41.3 Å². The Balaban J connectivity index is 1.43. The molecular formula is C26H29N7O. The molecule has 1 saturated heterocycles. The maximum absolute atomic E-state index is 6.29. The average Bonchev–Trinajstić information content (AvgIpc) is 3.60. The molecule has 0 spiro atoms. The van der Waals surface area contributed by atoms with Crippen molar-refractivity contribution in [2.75, 3.05) is 18.8 Å². The van der Waals surface area contributed by atoms with E-state index in [9.17, 15) is 0 Å². The van der Waals surface area contributed by atoms with Crippen LogP contribution < -0.4 is 15.8 Å². The second-order valence-electron chi connectivity index (χ2n) is 8.39. The van der Waals surface area contributed by atoms with Gasteiger partial charge in [-0.3, -0.25) is 4.68 Å². The van der Waals surface area contributed by atoms with Gasteiger partial charge in [-0.2, -0.15) is 14.7 Å². The van der Waals surface area contributed by atoms with Crippen molar-refractivity contribution in [3.8, 4) is 5.88 Å². The third-order valence-electron chi connectivity index (χ3n) is 5.88. The summed E-state index contributed by atoms with van der Waals surface area (Å²) in [6, 6.07) is 12.3. The molecule has 0 aliphatic carbocycles. The largest absolute Gasteiger partial charge is 0.473 e. The first kappa shape index (κ1) is 21.9. The summed E-state index contributed by atoms with van der Waals surface area (Å²) in [6.45, 7) is 4.64. The number of nitrogens with two attached hydrogens (primary N) is 1. The molecule has 0 saturated carbocycles. The number of hydrogen-bond acceptors (Lipinski definition) is 6. The van der Waals surface area contributed by atoms with E-state index in [1.54, 1.807) is 4.52 Å². The minimum absolute atomic E-state index is 0.117. The lowest BCUT2D eigenvalue weighted by Gasteiger charge is -2.11. The summed E-state index contributed by atoms with van der Waals surface area (Å²) >= 11 is 0. The van der Waals surface area contributed by atoms with Crippen LogP contribution in [0, 0.1) is 0 Å². The standard InChI is InChI=1S/C26H29N7O/c1-2-6-21(10-9-20-14-30-32(17-20)16-19-7-4-3-5-8-19)23-13-24(34-22-11-12-28-15-22)33-25(23)26(27)29-18-31-33/h3-10,13-14,17-18,22,28H,2,11-12,15-16H2,1H3,(H2,27,29,31)/b10-9-,21-6+. The first-order chi connectivity index (χ1) is 16.7. The second kappa shape index (κ2) is 9.93. The topological polar surface area (TPSA) is 95.3 Å². The Morgan fingerprint density at radius 2 is 2.15 bits per heavy atom. The van der Waals surface area contributed by atoms with E-state index in [1.165, 1.54) is 11.9 Å². The fraction of sp³-hybridized carbons (Fsp3) is 0.269. The smallest absolute Gasteiger partial charge is 0.216 e. The number of nitrogens with one attached hydrogen (secondary N) is 1. The van der Waals surface area contributed by atoms with E-state index in [4.69, 9.17) is 10.5 Å². The first-order valence-electron chi connectivity index (χ1n) is 11.7. The number of fused-ring (bicyclic) bond motifs is 1. The van der Waals surface area contributed by atoms with Crippen molar-refractivity contribution in [1.29, 1.82) is 0 Å². The van der Waals surface area contributed by atoms with Gasteiger partial charge in [-0.25, -0.2) is 4.98 Å². The number of nitrogen functional groups attached to an aromatic ring is 1. The van der Waals surface area contributed by atoms with Crippen LogP contribution in [0.4, 0.5) is 5.82 Å². The predicted octanol–water partition coefficient (Wildman–Crippen LogP) is 3.80. The summed E-state index contributed by atoms with van der Waals surface area (Å²) in [4.78, 5) is 4.23. The van der Waals surface area contributed by atoms with Crippen molar-refractivity contribution in [3.63, 3.8) is 0 Å². The van der Waals surface area contributed by atoms with Gasteiger partial charge in [0.25, 0.3) is 0 Å². The van der Waals surface area contributed by atoms with Crippen molar-refractivity contribution < 1.29 is 4.74 Å². The normalized spacial score (nSPS) is 16.6. The number of allylic oxidation sites excluding steroid dienone is 3. The van der Waals surface area contributed by atoms with Gasteiger partial charge in [-0.15, -0.1) is 0 Å². The molecule has 0 radical (unpaired) electrons. The maximum Gasteiger partial charge on any atom is 0.216 e. The first-order valence-corrected chi connectivity index (χ1v) is 11.7. The van der Waals surface area contributed by atoms with Gasteiger partial charge in [-0.1, -0.05) is 55.5 Å². The number of hydrogen-bond donors (Lipinski definition) is 2. The fourth-order valence-electron chi connectivity index (χ4n) is 4.24. The van der Waals surface area contributed by atoms with E-state index in [0.717, 1.165) is 54.7 Å². The Bertz CT molecular complexity index is 1310. The number of aromatic nitrogens is 5. The zero-order valence-corrected chi connectivity index (χ0v) is 19.3. The van der Waals surface area contributed by atoms with Crippen LogP contribution in [-0.2, 0) is 6.54 Å². The molecule has 8 heteroatoms. The predicted molar refractivity (Wildman–Crippen MR) is 134 cm³/mol. The van der Waals surface area contributed by atoms with Crippen LogP contribution in [0.2, 0.25) is 0 Å². The molecule has 174 valence electrons. The fourth-order valence-corrected chi connectivity index (χ4v) is 4.24. The van der Waals surface area contributed by atoms with Crippen molar-refractivity contribution in [3.05, 3.63) is 84.0 Å². The summed E-state index contributed by atoms with van der Waals surface area (Å²) in [5, 5.41) is 12.3. The molecule has 4 heterocycles. The Labute approximate surface area is 198 Å². The number of ether oxygens (including phenoxy) is 1. The summed E-state index contributed by atoms with van der Waals surface area (Å²) in [5.74, 6) is 1.11. The maximum atomic E-state index is 6.29. The molecule has 0 amide bonds. The summed E-state index contributed by atoms with van der Waals surface area (Å²) in [6.07, 6.45) is 13.7. The van der Waals surface area contributed by atoms with Gasteiger partial charge in [0.05, 0.1) is 12.7 Å². The Morgan fingerprint density at radius 3 is 2.94 bits per heavy atom. The highest BCUT2D eigenvalue weighted by Crippen LogP contribution is 2.32. The minimum Gasteiger partial charge on any atom is -0.473 e. The van der Waals surface area contributed by atoms with Gasteiger partial charge >= 0.3 is 0 Å². The molecule has 4 aromatic rings. The van der Waals surface area contributed by atoms with E-state index in [2.05, 4.69) is 57.8 Å². The quantitative estimate of drug-likeness (QED) is 0.393. The molecule has 1 aliphatic rings. The van der Waals surface area contributed by atoms with Gasteiger partial charge in [-0.05, 0) is 30.5 Å². The van der Waals surface area contributed by atoms with Crippen LogP contribution in [0.5, 0.6) is 5.88 Å². The molecule has 1 unspecified atom stereocenters. The Kier molecular flexibility index (Phi) is 6.40. The molecule has 34 heavy (non-hydrogen) atoms. The van der Waals surface area contributed by atoms with Crippen LogP contribution >= 0.6 is 0 Å². The van der Waals surface area contributed by atoms with E-state index in [0.29, 0.717) is 11.7 Å². The van der Waals surface area contributed by atoms with Gasteiger partial charge in [0.1, 0.15) is 17.9 Å². The molecule has 8 nitrogen and oxygen atoms in total. The summed E-state index contributed by atoms with van der Waals surface area (Å²) in [7, 11) is 0. The number of anilines is 1. The second-order valence-corrected chi connectivity index (χ2v) is 8.39. The monoisotopic (exact) mass is 455 g/mol. The van der Waals surface area contributed by atoms with Crippen LogP contribution in [-0.4, -0.2) is 43.6 Å². The number of benzene rings is 1. The van der Waals surface area contributed by atoms with E-state index in [-0.39, 0.29) is 6.10 Å². The molecule has 3 N–H and O–H groups in total. The molecule has 1 fully saturated rings. The third-order valence-corrected chi connectivity index (χ3v) is 5.88. The Hall–Kier alpha value is -3.91. The molecule has 1 atom stereocenters. The highest BCUT2D eigenvalue weighted by atomic mass is 16.5. The zero-order chi connectivity index (χ0) is 23.3. The van der Waals surface area contributed by atoms with Gasteiger partial charge in [0, 0.05) is 29.9 Å². The SMILES string of the molecule is CC/C=C(\C=C/c1cnn(Cc2ccccc2)c1)c1cc(OC2CCNC2)n2ncnc(N)c12. The van der Waals surface area contributed by atoms with Crippen LogP contribution in [0.1, 0.15) is 36.5 Å². The number of nitrogens with zero attached hydrogens (tertiary/aromatic N) is 5. The molecule has 1 aliphatic heterocycles. The summed E-state index contributed by atoms with van der Waals surface area (Å²) in [5.41, 5.74) is 11.3. The molecule has 3 aromatic heterocycles. The highest BCUT2D eigenvalue weighted by molar-refractivity contribution is 5.91. The molecule has 0 bridgehead atoms. The lowest BCUT2D eigenvalue weighted by atomic mass is 10.0. The number of rotatable bonds is 8. The third kappa shape index (κ3) is 4.72. The van der Waals surface area contributed by atoms with Crippen molar-refractivity contribution in [2.45, 2.75) is 32.4 Å². The van der Waals surface area contributed by atoms with Crippen molar-refractivity contribution in [1.82, 2.24) is 29.7 Å². The minimum atomic E-state index is 0.117. The average molecular weight is 456 g/mol. The molecular weight excluding hydrogens is 426 g/mol. The van der Waals surface area contributed by atoms with Crippen molar-refractivity contribution in [2.24, 2.45) is 0 Å². The van der Waals surface area contributed by atoms with Crippen LogP contribution in [0.3, 0.4) is 0 Å². The van der Waals surface area contributed by atoms with Gasteiger partial charge in [0.15, 0.2) is 5.82 Å². The van der Waals surface area contributed by atoms with E-state index >= 15 is 0 Å². The molecule has 5 rings (SSSR count). The van der Waals surface area contributed by atoms with Crippen LogP contribution in [0.25, 0.3) is 17.2 Å².